The molecule has 0 aromatic heterocycles. The molecule has 0 aliphatic heterocycles. The van der Waals surface area contributed by atoms with E-state index in [2.05, 4.69) is 5.32 Å². The fourth-order valence-corrected chi connectivity index (χ4v) is 1.40. The number of benzene rings is 1. The fraction of sp³-hybridized carbons (Fsp3) is 0.333. The molecule has 1 unspecified atom stereocenters. The number of ether oxygens (including phenoxy) is 1. The first-order valence-electron chi connectivity index (χ1n) is 5.04. The Kier molecular flexibility index (Phi) is 4.05. The summed E-state index contributed by atoms with van der Waals surface area (Å²) in [4.78, 5) is 21.7. The first kappa shape index (κ1) is 12.2. The number of carbonyl (C=O) groups excluding carboxylic acids is 2. The molecule has 0 heterocycles. The minimum absolute atomic E-state index is 0.0922. The summed E-state index contributed by atoms with van der Waals surface area (Å²) in [5.74, 6) is 0.0388. The Morgan fingerprint density at radius 3 is 2.56 bits per heavy atom. The number of hydrogen-bond donors (Lipinski definition) is 1. The highest BCUT2D eigenvalue weighted by Crippen LogP contribution is 2.19. The topological polar surface area (TPSA) is 55.4 Å². The highest BCUT2D eigenvalue weighted by Gasteiger charge is 2.07. The molecule has 0 radical (unpaired) electrons. The Labute approximate surface area is 94.6 Å². The van der Waals surface area contributed by atoms with Crippen LogP contribution in [0.5, 0.6) is 5.75 Å². The predicted octanol–water partition coefficient (Wildman–Crippen LogP) is 1.81. The molecule has 16 heavy (non-hydrogen) atoms. The zero-order valence-corrected chi connectivity index (χ0v) is 9.61. The van der Waals surface area contributed by atoms with Crippen LogP contribution in [-0.2, 0) is 9.59 Å². The maximum atomic E-state index is 10.9. The molecule has 1 atom stereocenters. The number of esters is 1. The van der Waals surface area contributed by atoms with Crippen molar-refractivity contribution in [3.8, 4) is 5.75 Å². The van der Waals surface area contributed by atoms with Crippen LogP contribution in [0.2, 0.25) is 0 Å². The van der Waals surface area contributed by atoms with Crippen LogP contribution in [0.4, 0.5) is 0 Å². The minimum Gasteiger partial charge on any atom is -0.427 e. The van der Waals surface area contributed by atoms with Crippen molar-refractivity contribution in [1.82, 2.24) is 5.32 Å². The maximum Gasteiger partial charge on any atom is 0.308 e. The second-order valence-electron chi connectivity index (χ2n) is 3.59. The van der Waals surface area contributed by atoms with Crippen LogP contribution in [0.15, 0.2) is 24.3 Å². The number of rotatable bonds is 3. The number of hydrogen-bond acceptors (Lipinski definition) is 3. The van der Waals surface area contributed by atoms with Crippen molar-refractivity contribution in [2.75, 3.05) is 0 Å². The van der Waals surface area contributed by atoms with Crippen LogP contribution in [0.25, 0.3) is 0 Å². The van der Waals surface area contributed by atoms with E-state index in [-0.39, 0.29) is 17.9 Å². The monoisotopic (exact) mass is 221 g/mol. The molecular formula is C12H15NO3. The van der Waals surface area contributed by atoms with Crippen molar-refractivity contribution in [2.45, 2.75) is 26.8 Å². The molecule has 1 N–H and O–H groups in total. The van der Waals surface area contributed by atoms with Gasteiger partial charge in [-0.3, -0.25) is 9.59 Å². The third kappa shape index (κ3) is 3.73. The highest BCUT2D eigenvalue weighted by atomic mass is 16.5. The van der Waals surface area contributed by atoms with Crippen LogP contribution >= 0.6 is 0 Å². The van der Waals surface area contributed by atoms with E-state index in [1.165, 1.54) is 13.8 Å². The van der Waals surface area contributed by atoms with Gasteiger partial charge in [-0.25, -0.2) is 0 Å². The molecule has 1 aromatic rings. The van der Waals surface area contributed by atoms with Crippen LogP contribution in [0.3, 0.4) is 0 Å². The van der Waals surface area contributed by atoms with E-state index in [9.17, 15) is 9.59 Å². The summed E-state index contributed by atoms with van der Waals surface area (Å²) >= 11 is 0. The lowest BCUT2D eigenvalue weighted by molar-refractivity contribution is -0.131. The normalized spacial score (nSPS) is 11.7. The van der Waals surface area contributed by atoms with Gasteiger partial charge < -0.3 is 10.1 Å². The summed E-state index contributed by atoms with van der Waals surface area (Å²) in [6.07, 6.45) is 0. The molecular weight excluding hydrogens is 206 g/mol. The average molecular weight is 221 g/mol. The molecule has 4 heteroatoms. The average Bonchev–Trinajstić information content (AvgIpc) is 2.16. The van der Waals surface area contributed by atoms with Gasteiger partial charge in [0, 0.05) is 13.8 Å². The standard InChI is InChI=1S/C12H15NO3/c1-8(13-9(2)14)11-5-4-6-12(7-11)16-10(3)15/h4-8H,1-3H3,(H,13,14). The fourth-order valence-electron chi connectivity index (χ4n) is 1.40. The molecule has 86 valence electrons. The van der Waals surface area contributed by atoms with E-state index in [1.54, 1.807) is 18.2 Å². The van der Waals surface area contributed by atoms with Gasteiger partial charge in [0.05, 0.1) is 6.04 Å². The Balaban J connectivity index is 2.80. The van der Waals surface area contributed by atoms with E-state index in [0.29, 0.717) is 5.75 Å². The van der Waals surface area contributed by atoms with Crippen LogP contribution in [0, 0.1) is 0 Å². The molecule has 0 spiro atoms. The van der Waals surface area contributed by atoms with Gasteiger partial charge in [0.15, 0.2) is 0 Å². The summed E-state index contributed by atoms with van der Waals surface area (Å²) in [6.45, 7) is 4.69. The Morgan fingerprint density at radius 1 is 1.31 bits per heavy atom. The van der Waals surface area contributed by atoms with Gasteiger partial charge in [-0.1, -0.05) is 12.1 Å². The Hall–Kier alpha value is -1.84. The maximum absolute atomic E-state index is 10.9. The third-order valence-corrected chi connectivity index (χ3v) is 2.04. The molecule has 4 nitrogen and oxygen atoms in total. The SMILES string of the molecule is CC(=O)NC(C)c1cccc(OC(C)=O)c1. The van der Waals surface area contributed by atoms with Gasteiger partial charge in [0.1, 0.15) is 5.75 Å². The van der Waals surface area contributed by atoms with Gasteiger partial charge in [-0.2, -0.15) is 0 Å². The summed E-state index contributed by atoms with van der Waals surface area (Å²) in [5, 5.41) is 2.76. The van der Waals surface area contributed by atoms with Crippen molar-refractivity contribution >= 4 is 11.9 Å². The second-order valence-corrected chi connectivity index (χ2v) is 3.59. The number of nitrogens with one attached hydrogen (secondary N) is 1. The zero-order valence-electron chi connectivity index (χ0n) is 9.61. The first-order chi connectivity index (χ1) is 7.49. The molecule has 0 aliphatic carbocycles. The quantitative estimate of drug-likeness (QED) is 0.625. The minimum atomic E-state index is -0.357. The van der Waals surface area contributed by atoms with Crippen molar-refractivity contribution in [3.63, 3.8) is 0 Å². The third-order valence-electron chi connectivity index (χ3n) is 2.04. The Bertz CT molecular complexity index is 401. The largest absolute Gasteiger partial charge is 0.427 e. The summed E-state index contributed by atoms with van der Waals surface area (Å²) in [6, 6.07) is 6.99. The van der Waals surface area contributed by atoms with E-state index < -0.39 is 0 Å². The van der Waals surface area contributed by atoms with Gasteiger partial charge in [0.2, 0.25) is 5.91 Å². The predicted molar refractivity (Wildman–Crippen MR) is 60.0 cm³/mol. The molecule has 0 aliphatic rings. The van der Waals surface area contributed by atoms with Crippen molar-refractivity contribution in [3.05, 3.63) is 29.8 Å². The molecule has 0 fully saturated rings. The van der Waals surface area contributed by atoms with Gasteiger partial charge in [0.25, 0.3) is 0 Å². The van der Waals surface area contributed by atoms with Crippen molar-refractivity contribution < 1.29 is 14.3 Å². The summed E-state index contributed by atoms with van der Waals surface area (Å²) < 4.78 is 4.96. The number of carbonyl (C=O) groups is 2. The zero-order chi connectivity index (χ0) is 12.1. The molecule has 0 bridgehead atoms. The van der Waals surface area contributed by atoms with E-state index in [1.807, 2.05) is 13.0 Å². The molecule has 0 saturated carbocycles. The van der Waals surface area contributed by atoms with Crippen LogP contribution < -0.4 is 10.1 Å². The molecule has 0 saturated heterocycles. The van der Waals surface area contributed by atoms with Gasteiger partial charge in [-0.15, -0.1) is 0 Å². The van der Waals surface area contributed by atoms with Gasteiger partial charge in [-0.05, 0) is 24.6 Å². The molecule has 1 rings (SSSR count). The summed E-state index contributed by atoms with van der Waals surface area (Å²) in [5.41, 5.74) is 0.897. The molecule has 1 amide bonds. The lowest BCUT2D eigenvalue weighted by Crippen LogP contribution is -2.23. The highest BCUT2D eigenvalue weighted by molar-refractivity contribution is 5.73. The van der Waals surface area contributed by atoms with Crippen LogP contribution in [-0.4, -0.2) is 11.9 Å². The van der Waals surface area contributed by atoms with E-state index in [4.69, 9.17) is 4.74 Å². The first-order valence-corrected chi connectivity index (χ1v) is 5.04. The Morgan fingerprint density at radius 2 is 2.00 bits per heavy atom. The second kappa shape index (κ2) is 5.30. The van der Waals surface area contributed by atoms with Gasteiger partial charge >= 0.3 is 5.97 Å². The van der Waals surface area contributed by atoms with Crippen molar-refractivity contribution in [2.24, 2.45) is 0 Å². The lowest BCUT2D eigenvalue weighted by Gasteiger charge is -2.13. The lowest BCUT2D eigenvalue weighted by atomic mass is 10.1. The number of amides is 1. The molecule has 1 aromatic carbocycles. The smallest absolute Gasteiger partial charge is 0.308 e. The van der Waals surface area contributed by atoms with Crippen molar-refractivity contribution in [1.29, 1.82) is 0 Å². The van der Waals surface area contributed by atoms with E-state index in [0.717, 1.165) is 5.56 Å². The summed E-state index contributed by atoms with van der Waals surface area (Å²) in [7, 11) is 0. The van der Waals surface area contributed by atoms with E-state index >= 15 is 0 Å². The van der Waals surface area contributed by atoms with Crippen LogP contribution in [0.1, 0.15) is 32.4 Å².